The maximum Gasteiger partial charge on any atom is 0.255 e. The molecule has 3 aromatic rings. The zero-order valence-electron chi connectivity index (χ0n) is 16.5. The van der Waals surface area contributed by atoms with Crippen molar-refractivity contribution in [1.82, 2.24) is 9.55 Å². The summed E-state index contributed by atoms with van der Waals surface area (Å²) >= 11 is 0. The first-order valence-corrected chi connectivity index (χ1v) is 9.93. The van der Waals surface area contributed by atoms with Gasteiger partial charge in [-0.05, 0) is 35.6 Å². The molecule has 0 N–H and O–H groups in total. The van der Waals surface area contributed by atoms with Crippen molar-refractivity contribution in [1.29, 1.82) is 0 Å². The molecular weight excluding hydrogens is 374 g/mol. The Morgan fingerprint density at radius 1 is 1.14 bits per heavy atom. The summed E-state index contributed by atoms with van der Waals surface area (Å²) in [6, 6.07) is 4.22. The summed E-state index contributed by atoms with van der Waals surface area (Å²) in [6.45, 7) is 6.26. The lowest BCUT2D eigenvalue weighted by molar-refractivity contribution is -0.119. The summed E-state index contributed by atoms with van der Waals surface area (Å²) in [5.41, 5.74) is 4.62. The van der Waals surface area contributed by atoms with Gasteiger partial charge < -0.3 is 4.57 Å². The quantitative estimate of drug-likeness (QED) is 0.505. The van der Waals surface area contributed by atoms with Crippen LogP contribution in [0.4, 0.5) is 8.78 Å². The minimum atomic E-state index is -0.944. The fraction of sp³-hybridized carbons (Fsp3) is 0.348. The largest absolute Gasteiger partial charge is 0.302 e. The van der Waals surface area contributed by atoms with Gasteiger partial charge in [0.15, 0.2) is 11.6 Å². The molecular formula is C23H20F2N2O2. The van der Waals surface area contributed by atoms with E-state index in [4.69, 9.17) is 0 Å². The highest BCUT2D eigenvalue weighted by atomic mass is 19.2. The van der Waals surface area contributed by atoms with Gasteiger partial charge in [0, 0.05) is 34.9 Å². The SMILES string of the molecule is CCC1C(=O)Cc2c1cc1n(c2=O)Cc2c-1nc1cc(F)c(F)cc1c2C(C)C. The predicted octanol–water partition coefficient (Wildman–Crippen LogP) is 4.45. The number of rotatable bonds is 2. The van der Waals surface area contributed by atoms with Crippen LogP contribution in [0.25, 0.3) is 22.3 Å². The van der Waals surface area contributed by atoms with Crippen LogP contribution >= 0.6 is 0 Å². The van der Waals surface area contributed by atoms with E-state index in [-0.39, 0.29) is 29.6 Å². The van der Waals surface area contributed by atoms with Gasteiger partial charge in [-0.2, -0.15) is 0 Å². The smallest absolute Gasteiger partial charge is 0.255 e. The third-order valence-corrected chi connectivity index (χ3v) is 6.27. The van der Waals surface area contributed by atoms with Crippen LogP contribution in [0.15, 0.2) is 23.0 Å². The van der Waals surface area contributed by atoms with Crippen molar-refractivity contribution in [2.45, 2.75) is 52.0 Å². The number of hydrogen-bond donors (Lipinski definition) is 0. The van der Waals surface area contributed by atoms with E-state index in [2.05, 4.69) is 4.98 Å². The number of aromatic nitrogens is 2. The molecule has 5 rings (SSSR count). The molecule has 0 amide bonds. The molecule has 0 spiro atoms. The van der Waals surface area contributed by atoms with Crippen molar-refractivity contribution >= 4 is 16.7 Å². The second-order valence-corrected chi connectivity index (χ2v) is 8.25. The number of benzene rings is 1. The maximum atomic E-state index is 14.0. The van der Waals surface area contributed by atoms with Crippen LogP contribution in [0.5, 0.6) is 0 Å². The van der Waals surface area contributed by atoms with Gasteiger partial charge in [0.2, 0.25) is 0 Å². The molecule has 1 aliphatic heterocycles. The minimum absolute atomic E-state index is 0.0425. The lowest BCUT2D eigenvalue weighted by Gasteiger charge is -2.15. The molecule has 0 fully saturated rings. The zero-order valence-corrected chi connectivity index (χ0v) is 16.5. The number of halogens is 2. The van der Waals surface area contributed by atoms with Crippen LogP contribution in [-0.2, 0) is 17.8 Å². The average Bonchev–Trinajstić information content (AvgIpc) is 3.18. The van der Waals surface area contributed by atoms with Crippen molar-refractivity contribution < 1.29 is 13.6 Å². The molecule has 148 valence electrons. The molecule has 0 radical (unpaired) electrons. The van der Waals surface area contributed by atoms with Crippen molar-refractivity contribution in [3.05, 3.63) is 62.4 Å². The first kappa shape index (κ1) is 18.2. The van der Waals surface area contributed by atoms with E-state index in [1.807, 2.05) is 26.8 Å². The molecule has 1 unspecified atom stereocenters. The van der Waals surface area contributed by atoms with Crippen molar-refractivity contribution in [2.24, 2.45) is 0 Å². The summed E-state index contributed by atoms with van der Waals surface area (Å²) in [6.07, 6.45) is 0.820. The summed E-state index contributed by atoms with van der Waals surface area (Å²) < 4.78 is 29.5. The molecule has 3 heterocycles. The van der Waals surface area contributed by atoms with E-state index in [0.29, 0.717) is 40.8 Å². The fourth-order valence-electron chi connectivity index (χ4n) is 4.98. The normalized spacial score (nSPS) is 17.2. The number of carbonyl (C=O) groups excluding carboxylic acids is 1. The van der Waals surface area contributed by atoms with Gasteiger partial charge in [-0.25, -0.2) is 13.8 Å². The maximum absolute atomic E-state index is 14.0. The van der Waals surface area contributed by atoms with Gasteiger partial charge >= 0.3 is 0 Å². The number of fused-ring (bicyclic) bond motifs is 5. The molecule has 1 atom stereocenters. The number of nitrogens with zero attached hydrogens (tertiary/aromatic N) is 2. The van der Waals surface area contributed by atoms with E-state index in [9.17, 15) is 18.4 Å². The third kappa shape index (κ3) is 2.38. The number of Topliss-reactive ketones (excluding diaryl/α,β-unsaturated/α-hetero) is 1. The molecule has 2 aliphatic rings. The van der Waals surface area contributed by atoms with Crippen molar-refractivity contribution in [3.8, 4) is 11.4 Å². The standard InChI is InChI=1S/C23H20F2N2O2/c1-4-11-12-6-19-22-15(9-27(19)23(29)13(12)7-20(11)28)21(10(2)3)14-5-16(24)17(25)8-18(14)26-22/h5-6,8,10-11H,4,7,9H2,1-3H3. The predicted molar refractivity (Wildman–Crippen MR) is 106 cm³/mol. The van der Waals surface area contributed by atoms with Crippen LogP contribution in [-0.4, -0.2) is 15.3 Å². The number of pyridine rings is 2. The highest BCUT2D eigenvalue weighted by Gasteiger charge is 2.36. The summed E-state index contributed by atoms with van der Waals surface area (Å²) in [4.78, 5) is 30.1. The topological polar surface area (TPSA) is 52.0 Å². The van der Waals surface area contributed by atoms with E-state index in [1.165, 1.54) is 6.07 Å². The molecule has 29 heavy (non-hydrogen) atoms. The number of hydrogen-bond acceptors (Lipinski definition) is 3. The number of ketones is 1. The lowest BCUT2D eigenvalue weighted by atomic mass is 9.92. The second-order valence-electron chi connectivity index (χ2n) is 8.25. The average molecular weight is 394 g/mol. The third-order valence-electron chi connectivity index (χ3n) is 6.27. The van der Waals surface area contributed by atoms with Crippen LogP contribution < -0.4 is 5.56 Å². The van der Waals surface area contributed by atoms with Gasteiger partial charge in [-0.1, -0.05) is 20.8 Å². The Kier molecular flexibility index (Phi) is 3.79. The first-order valence-electron chi connectivity index (χ1n) is 9.93. The van der Waals surface area contributed by atoms with Gasteiger partial charge in [0.1, 0.15) is 5.78 Å². The van der Waals surface area contributed by atoms with Gasteiger partial charge in [0.05, 0.1) is 23.4 Å². The molecule has 0 saturated heterocycles. The van der Waals surface area contributed by atoms with Crippen LogP contribution in [0.3, 0.4) is 0 Å². The Morgan fingerprint density at radius 2 is 1.86 bits per heavy atom. The second kappa shape index (κ2) is 6.05. The van der Waals surface area contributed by atoms with Crippen LogP contribution in [0, 0.1) is 11.6 Å². The van der Waals surface area contributed by atoms with Gasteiger partial charge in [-0.15, -0.1) is 0 Å². The molecule has 0 bridgehead atoms. The minimum Gasteiger partial charge on any atom is -0.302 e. The molecule has 1 aromatic carbocycles. The van der Waals surface area contributed by atoms with E-state index in [0.717, 1.165) is 22.8 Å². The highest BCUT2D eigenvalue weighted by molar-refractivity contribution is 5.93. The van der Waals surface area contributed by atoms with Crippen LogP contribution in [0.2, 0.25) is 0 Å². The summed E-state index contributed by atoms with van der Waals surface area (Å²) in [5, 5.41) is 0.577. The van der Waals surface area contributed by atoms with E-state index < -0.39 is 11.6 Å². The summed E-state index contributed by atoms with van der Waals surface area (Å²) in [7, 11) is 0. The molecule has 1 aliphatic carbocycles. The molecule has 2 aromatic heterocycles. The molecule has 6 heteroatoms. The highest BCUT2D eigenvalue weighted by Crippen LogP contribution is 2.41. The first-order chi connectivity index (χ1) is 13.8. The van der Waals surface area contributed by atoms with Gasteiger partial charge in [0.25, 0.3) is 5.56 Å². The molecule has 0 saturated carbocycles. The Hall–Kier alpha value is -2.89. The van der Waals surface area contributed by atoms with Crippen molar-refractivity contribution in [2.75, 3.05) is 0 Å². The Balaban J connectivity index is 1.85. The van der Waals surface area contributed by atoms with Crippen molar-refractivity contribution in [3.63, 3.8) is 0 Å². The van der Waals surface area contributed by atoms with Crippen LogP contribution in [0.1, 0.15) is 61.3 Å². The monoisotopic (exact) mass is 394 g/mol. The lowest BCUT2D eigenvalue weighted by Crippen LogP contribution is -2.23. The number of carbonyl (C=O) groups is 1. The Labute approximate surface area is 166 Å². The summed E-state index contributed by atoms with van der Waals surface area (Å²) in [5.74, 6) is -1.99. The van der Waals surface area contributed by atoms with E-state index >= 15 is 0 Å². The molecule has 4 nitrogen and oxygen atoms in total. The Bertz CT molecular complexity index is 1290. The Morgan fingerprint density at radius 3 is 2.55 bits per heavy atom. The van der Waals surface area contributed by atoms with Gasteiger partial charge in [-0.3, -0.25) is 9.59 Å². The zero-order chi connectivity index (χ0) is 20.6. The van der Waals surface area contributed by atoms with E-state index in [1.54, 1.807) is 4.57 Å². The fourth-order valence-corrected chi connectivity index (χ4v) is 4.98.